The van der Waals surface area contributed by atoms with Crippen molar-refractivity contribution in [2.45, 2.75) is 25.8 Å². The van der Waals surface area contributed by atoms with Crippen LogP contribution in [0, 0.1) is 0 Å². The summed E-state index contributed by atoms with van der Waals surface area (Å²) in [6.45, 7) is 2.45. The average Bonchev–Trinajstić information content (AvgIpc) is 3.26. The molecule has 2 aliphatic rings. The number of aryl methyl sites for hydroxylation is 1. The Labute approximate surface area is 224 Å². The summed E-state index contributed by atoms with van der Waals surface area (Å²) in [5, 5.41) is 0. The molecular weight excluding hydrogens is 496 g/mol. The van der Waals surface area contributed by atoms with Crippen LogP contribution in [0.2, 0.25) is 0 Å². The van der Waals surface area contributed by atoms with Gasteiger partial charge < -0.3 is 14.2 Å². The molecule has 1 atom stereocenters. The van der Waals surface area contributed by atoms with Gasteiger partial charge in [-0.2, -0.15) is 0 Å². The molecule has 2 heterocycles. The number of nitrogens with zero attached hydrogens (tertiary/aromatic N) is 2. The average molecular weight is 525 g/mol. The third kappa shape index (κ3) is 4.03. The van der Waals surface area contributed by atoms with Crippen molar-refractivity contribution in [3.05, 3.63) is 114 Å². The van der Waals surface area contributed by atoms with E-state index in [0.29, 0.717) is 27.4 Å². The van der Waals surface area contributed by atoms with Crippen LogP contribution >= 0.6 is 11.3 Å². The van der Waals surface area contributed by atoms with E-state index in [4.69, 9.17) is 19.2 Å². The number of hydrogen-bond donors (Lipinski definition) is 0. The number of fused-ring (bicyclic) bond motifs is 3. The molecule has 1 unspecified atom stereocenters. The van der Waals surface area contributed by atoms with Gasteiger partial charge in [-0.1, -0.05) is 59.9 Å². The van der Waals surface area contributed by atoms with Gasteiger partial charge in [-0.15, -0.1) is 0 Å². The molecule has 6 rings (SSSR count). The molecule has 7 heteroatoms. The van der Waals surface area contributed by atoms with E-state index < -0.39 is 0 Å². The number of benzene rings is 3. The summed E-state index contributed by atoms with van der Waals surface area (Å²) in [4.78, 5) is 19.8. The van der Waals surface area contributed by atoms with Crippen LogP contribution in [-0.2, 0) is 6.42 Å². The molecule has 0 amide bonds. The molecule has 0 saturated heterocycles. The second-order valence-electron chi connectivity index (χ2n) is 9.20. The maximum atomic E-state index is 14.0. The summed E-state index contributed by atoms with van der Waals surface area (Å²) in [6.07, 6.45) is 3.65. The van der Waals surface area contributed by atoms with Gasteiger partial charge in [-0.25, -0.2) is 4.99 Å². The summed E-state index contributed by atoms with van der Waals surface area (Å²) in [6, 6.07) is 21.8. The zero-order valence-corrected chi connectivity index (χ0v) is 22.4. The highest BCUT2D eigenvalue weighted by atomic mass is 32.1. The lowest BCUT2D eigenvalue weighted by atomic mass is 9.83. The van der Waals surface area contributed by atoms with E-state index in [1.807, 2.05) is 54.0 Å². The van der Waals surface area contributed by atoms with Crippen molar-refractivity contribution >= 4 is 23.1 Å². The fraction of sp³-hybridized carbons (Fsp3) is 0.226. The number of aromatic nitrogens is 1. The number of methoxy groups -OCH3 is 2. The number of ether oxygens (including phenoxy) is 3. The van der Waals surface area contributed by atoms with Gasteiger partial charge in [0.25, 0.3) is 5.56 Å². The molecule has 0 fully saturated rings. The summed E-state index contributed by atoms with van der Waals surface area (Å²) in [5.74, 6) is 2.07. The van der Waals surface area contributed by atoms with Crippen LogP contribution in [0.3, 0.4) is 0 Å². The van der Waals surface area contributed by atoms with E-state index in [-0.39, 0.29) is 11.6 Å². The summed E-state index contributed by atoms with van der Waals surface area (Å²) >= 11 is 1.41. The Morgan fingerprint density at radius 3 is 2.58 bits per heavy atom. The van der Waals surface area contributed by atoms with Gasteiger partial charge in [0.1, 0.15) is 5.75 Å². The molecule has 1 aliphatic heterocycles. The molecule has 0 saturated carbocycles. The lowest BCUT2D eigenvalue weighted by molar-refractivity contribution is 0.311. The zero-order valence-electron chi connectivity index (χ0n) is 21.6. The normalized spacial score (nSPS) is 16.3. The zero-order chi connectivity index (χ0) is 26.2. The lowest BCUT2D eigenvalue weighted by Gasteiger charge is -2.31. The molecule has 0 spiro atoms. The molecule has 0 radical (unpaired) electrons. The molecule has 3 aromatic carbocycles. The molecule has 1 aromatic heterocycles. The van der Waals surface area contributed by atoms with Gasteiger partial charge in [0.15, 0.2) is 16.3 Å². The third-order valence-electron chi connectivity index (χ3n) is 7.09. The maximum Gasteiger partial charge on any atom is 0.271 e. The van der Waals surface area contributed by atoms with Gasteiger partial charge in [-0.3, -0.25) is 9.36 Å². The van der Waals surface area contributed by atoms with Crippen molar-refractivity contribution in [1.82, 2.24) is 4.57 Å². The summed E-state index contributed by atoms with van der Waals surface area (Å²) < 4.78 is 19.4. The van der Waals surface area contributed by atoms with Crippen LogP contribution < -0.4 is 29.1 Å². The highest BCUT2D eigenvalue weighted by molar-refractivity contribution is 7.07. The summed E-state index contributed by atoms with van der Waals surface area (Å²) in [7, 11) is 3.29. The third-order valence-corrected chi connectivity index (χ3v) is 8.07. The lowest BCUT2D eigenvalue weighted by Crippen LogP contribution is -2.39. The van der Waals surface area contributed by atoms with Gasteiger partial charge in [0.2, 0.25) is 0 Å². The van der Waals surface area contributed by atoms with Crippen molar-refractivity contribution in [1.29, 1.82) is 0 Å². The minimum atomic E-state index is -0.289. The van der Waals surface area contributed by atoms with Gasteiger partial charge in [-0.05, 0) is 60.7 Å². The molecule has 6 nitrogen and oxygen atoms in total. The Bertz CT molecular complexity index is 1750. The summed E-state index contributed by atoms with van der Waals surface area (Å²) in [5.41, 5.74) is 6.31. The monoisotopic (exact) mass is 524 g/mol. The Balaban J connectivity index is 1.59. The Kier molecular flexibility index (Phi) is 6.37. The van der Waals surface area contributed by atoms with E-state index >= 15 is 0 Å². The molecule has 38 heavy (non-hydrogen) atoms. The number of hydrogen-bond acceptors (Lipinski definition) is 6. The predicted octanol–water partition coefficient (Wildman–Crippen LogP) is 4.73. The van der Waals surface area contributed by atoms with E-state index in [1.54, 1.807) is 14.2 Å². The Hall–Kier alpha value is -4.10. The topological polar surface area (TPSA) is 62.0 Å². The predicted molar refractivity (Wildman–Crippen MR) is 150 cm³/mol. The molecular formula is C31H28N2O4S. The number of thiazole rings is 1. The van der Waals surface area contributed by atoms with Crippen LogP contribution in [0.1, 0.15) is 41.6 Å². The van der Waals surface area contributed by atoms with Crippen LogP contribution in [0.15, 0.2) is 82.1 Å². The SMILES string of the molecule is CCOc1cc(C=c2sc3n(c2=O)C(c2ccccc2OC)C2=C(N=3)c3ccccc3CC2)ccc1OC. The standard InChI is InChI=1S/C31H28N2O4S/c1-4-37-26-17-19(13-16-25(26)36-3)18-27-30(34)33-29(22-11-7-8-12-24(22)35-2)23-15-14-20-9-5-6-10-21(20)28(23)32-31(33)38-27/h5-13,16-18,29H,4,14-15H2,1-3H3. The second kappa shape index (κ2) is 9.99. The van der Waals surface area contributed by atoms with Crippen LogP contribution in [0.4, 0.5) is 0 Å². The van der Waals surface area contributed by atoms with Crippen molar-refractivity contribution in [3.63, 3.8) is 0 Å². The highest BCUT2D eigenvalue weighted by Gasteiger charge is 2.33. The Morgan fingerprint density at radius 1 is 0.974 bits per heavy atom. The molecule has 4 aromatic rings. The van der Waals surface area contributed by atoms with Crippen molar-refractivity contribution in [3.8, 4) is 17.2 Å². The number of allylic oxidation sites excluding steroid dienone is 1. The molecule has 0 bridgehead atoms. The first-order valence-electron chi connectivity index (χ1n) is 12.7. The minimum Gasteiger partial charge on any atom is -0.496 e. The van der Waals surface area contributed by atoms with Crippen molar-refractivity contribution in [2.24, 2.45) is 4.99 Å². The van der Waals surface area contributed by atoms with Crippen LogP contribution in [0.25, 0.3) is 11.8 Å². The molecule has 1 aliphatic carbocycles. The van der Waals surface area contributed by atoms with Crippen LogP contribution in [-0.4, -0.2) is 25.4 Å². The van der Waals surface area contributed by atoms with E-state index in [2.05, 4.69) is 30.3 Å². The first-order chi connectivity index (χ1) is 18.6. The van der Waals surface area contributed by atoms with Crippen molar-refractivity contribution in [2.75, 3.05) is 20.8 Å². The first-order valence-corrected chi connectivity index (χ1v) is 13.5. The van der Waals surface area contributed by atoms with Crippen molar-refractivity contribution < 1.29 is 14.2 Å². The smallest absolute Gasteiger partial charge is 0.271 e. The highest BCUT2D eigenvalue weighted by Crippen LogP contribution is 2.43. The second-order valence-corrected chi connectivity index (χ2v) is 10.2. The van der Waals surface area contributed by atoms with Crippen LogP contribution in [0.5, 0.6) is 17.2 Å². The molecule has 0 N–H and O–H groups in total. The Morgan fingerprint density at radius 2 is 1.76 bits per heavy atom. The fourth-order valence-corrected chi connectivity index (χ4v) is 6.39. The molecule has 192 valence electrons. The van der Waals surface area contributed by atoms with E-state index in [1.165, 1.54) is 16.9 Å². The number of para-hydroxylation sites is 1. The minimum absolute atomic E-state index is 0.0659. The first kappa shape index (κ1) is 24.2. The largest absolute Gasteiger partial charge is 0.496 e. The van der Waals surface area contributed by atoms with Gasteiger partial charge in [0.05, 0.1) is 37.1 Å². The van der Waals surface area contributed by atoms with Gasteiger partial charge >= 0.3 is 0 Å². The van der Waals surface area contributed by atoms with Gasteiger partial charge in [0, 0.05) is 11.1 Å². The fourth-order valence-electron chi connectivity index (χ4n) is 5.39. The van der Waals surface area contributed by atoms with E-state index in [0.717, 1.165) is 46.6 Å². The number of rotatable bonds is 6. The maximum absolute atomic E-state index is 14.0. The quantitative estimate of drug-likeness (QED) is 0.366. The van der Waals surface area contributed by atoms with E-state index in [9.17, 15) is 4.79 Å².